The molecule has 13 heavy (non-hydrogen) atoms. The average Bonchev–Trinajstić information content (AvgIpc) is 2.18. The molecule has 1 heterocycles. The van der Waals surface area contributed by atoms with Crippen LogP contribution in [-0.2, 0) is 11.8 Å². The number of hydrogen-bond donors (Lipinski definition) is 0. The normalized spacial score (nSPS) is 11.7. The van der Waals surface area contributed by atoms with Crippen molar-refractivity contribution < 1.29 is 0 Å². The Hall–Kier alpha value is -0.850. The highest BCUT2D eigenvalue weighted by Crippen LogP contribution is 2.28. The van der Waals surface area contributed by atoms with Gasteiger partial charge in [0, 0.05) is 11.9 Å². The molecule has 0 N–H and O–H groups in total. The molecule has 1 aromatic heterocycles. The van der Waals surface area contributed by atoms with E-state index in [1.807, 2.05) is 12.3 Å². The predicted molar refractivity (Wildman–Crippen MR) is 56.9 cm³/mol. The maximum Gasteiger partial charge on any atom is 0.0438 e. The molecule has 0 radical (unpaired) electrons. The van der Waals surface area contributed by atoms with E-state index < -0.39 is 0 Å². The van der Waals surface area contributed by atoms with Gasteiger partial charge < -0.3 is 0 Å². The number of pyridine rings is 1. The second-order valence-corrected chi connectivity index (χ2v) is 4.09. The van der Waals surface area contributed by atoms with Crippen LogP contribution in [0.1, 0.15) is 45.4 Å². The Morgan fingerprint density at radius 3 is 2.54 bits per heavy atom. The summed E-state index contributed by atoms with van der Waals surface area (Å²) < 4.78 is 0. The summed E-state index contributed by atoms with van der Waals surface area (Å²) >= 11 is 0. The zero-order chi connectivity index (χ0) is 9.90. The molecule has 1 nitrogen and oxygen atoms in total. The molecule has 0 amide bonds. The van der Waals surface area contributed by atoms with E-state index in [9.17, 15) is 0 Å². The van der Waals surface area contributed by atoms with Crippen molar-refractivity contribution in [3.8, 4) is 0 Å². The summed E-state index contributed by atoms with van der Waals surface area (Å²) in [6, 6.07) is 4.24. The molecule has 1 aromatic rings. The SMILES string of the molecule is CCc1ncccc1C(C)(C)CC. The maximum absolute atomic E-state index is 4.41. The molecule has 0 bridgehead atoms. The van der Waals surface area contributed by atoms with Crippen LogP contribution >= 0.6 is 0 Å². The van der Waals surface area contributed by atoms with Gasteiger partial charge in [0.15, 0.2) is 0 Å². The molecule has 0 aliphatic heterocycles. The van der Waals surface area contributed by atoms with Crippen LogP contribution in [0.4, 0.5) is 0 Å². The Labute approximate surface area is 81.2 Å². The summed E-state index contributed by atoms with van der Waals surface area (Å²) in [6.45, 7) is 8.95. The fourth-order valence-electron chi connectivity index (χ4n) is 1.53. The number of nitrogens with zero attached hydrogens (tertiary/aromatic N) is 1. The minimum atomic E-state index is 0.263. The van der Waals surface area contributed by atoms with Gasteiger partial charge in [-0.1, -0.05) is 33.8 Å². The molecular weight excluding hydrogens is 158 g/mol. The lowest BCUT2D eigenvalue weighted by Gasteiger charge is -2.25. The van der Waals surface area contributed by atoms with E-state index in [1.54, 1.807) is 0 Å². The Balaban J connectivity index is 3.12. The van der Waals surface area contributed by atoms with Crippen molar-refractivity contribution in [2.45, 2.75) is 46.0 Å². The molecule has 0 aromatic carbocycles. The van der Waals surface area contributed by atoms with Crippen LogP contribution in [0.2, 0.25) is 0 Å². The van der Waals surface area contributed by atoms with E-state index in [4.69, 9.17) is 0 Å². The highest BCUT2D eigenvalue weighted by atomic mass is 14.7. The topological polar surface area (TPSA) is 12.9 Å². The maximum atomic E-state index is 4.41. The number of rotatable bonds is 3. The lowest BCUT2D eigenvalue weighted by molar-refractivity contribution is 0.498. The monoisotopic (exact) mass is 177 g/mol. The van der Waals surface area contributed by atoms with Crippen LogP contribution in [0, 0.1) is 0 Å². The van der Waals surface area contributed by atoms with Crippen molar-refractivity contribution in [2.24, 2.45) is 0 Å². The van der Waals surface area contributed by atoms with Gasteiger partial charge in [-0.25, -0.2) is 0 Å². The van der Waals surface area contributed by atoms with E-state index in [1.165, 1.54) is 11.3 Å². The first-order chi connectivity index (χ1) is 6.11. The standard InChI is InChI=1S/C12H19N/c1-5-11-10(8-7-9-13-11)12(3,4)6-2/h7-9H,5-6H2,1-4H3. The third-order valence-electron chi connectivity index (χ3n) is 2.84. The first-order valence-electron chi connectivity index (χ1n) is 5.06. The van der Waals surface area contributed by atoms with Gasteiger partial charge in [0.1, 0.15) is 0 Å². The van der Waals surface area contributed by atoms with Crippen LogP contribution in [0.5, 0.6) is 0 Å². The van der Waals surface area contributed by atoms with Crippen molar-refractivity contribution >= 4 is 0 Å². The van der Waals surface area contributed by atoms with Crippen molar-refractivity contribution in [1.82, 2.24) is 4.98 Å². The molecule has 0 saturated heterocycles. The van der Waals surface area contributed by atoms with Gasteiger partial charge in [-0.05, 0) is 29.9 Å². The first kappa shape index (κ1) is 10.2. The molecule has 0 spiro atoms. The zero-order valence-corrected chi connectivity index (χ0v) is 9.09. The van der Waals surface area contributed by atoms with Gasteiger partial charge in [-0.15, -0.1) is 0 Å². The molecule has 0 aliphatic carbocycles. The second kappa shape index (κ2) is 3.91. The first-order valence-corrected chi connectivity index (χ1v) is 5.06. The molecule has 0 unspecified atom stereocenters. The van der Waals surface area contributed by atoms with Crippen LogP contribution in [-0.4, -0.2) is 4.98 Å². The quantitative estimate of drug-likeness (QED) is 0.690. The third-order valence-corrected chi connectivity index (χ3v) is 2.84. The fraction of sp³-hybridized carbons (Fsp3) is 0.583. The van der Waals surface area contributed by atoms with Gasteiger partial charge in [-0.3, -0.25) is 4.98 Å². The third kappa shape index (κ3) is 2.09. The van der Waals surface area contributed by atoms with Crippen molar-refractivity contribution in [3.05, 3.63) is 29.6 Å². The predicted octanol–water partition coefficient (Wildman–Crippen LogP) is 3.33. The summed E-state index contributed by atoms with van der Waals surface area (Å²) in [7, 11) is 0. The lowest BCUT2D eigenvalue weighted by atomic mass is 9.81. The minimum Gasteiger partial charge on any atom is -0.261 e. The van der Waals surface area contributed by atoms with Gasteiger partial charge >= 0.3 is 0 Å². The van der Waals surface area contributed by atoms with Crippen molar-refractivity contribution in [2.75, 3.05) is 0 Å². The molecular formula is C12H19N. The summed E-state index contributed by atoms with van der Waals surface area (Å²) in [4.78, 5) is 4.41. The fourth-order valence-corrected chi connectivity index (χ4v) is 1.53. The van der Waals surface area contributed by atoms with Gasteiger partial charge in [-0.2, -0.15) is 0 Å². The van der Waals surface area contributed by atoms with Gasteiger partial charge in [0.2, 0.25) is 0 Å². The number of aryl methyl sites for hydroxylation is 1. The number of hydrogen-bond acceptors (Lipinski definition) is 1. The Morgan fingerprint density at radius 2 is 2.00 bits per heavy atom. The summed E-state index contributed by atoms with van der Waals surface area (Å²) in [5, 5.41) is 0. The van der Waals surface area contributed by atoms with Crippen molar-refractivity contribution in [1.29, 1.82) is 0 Å². The van der Waals surface area contributed by atoms with Gasteiger partial charge in [0.05, 0.1) is 0 Å². The largest absolute Gasteiger partial charge is 0.261 e. The van der Waals surface area contributed by atoms with Crippen molar-refractivity contribution in [3.63, 3.8) is 0 Å². The summed E-state index contributed by atoms with van der Waals surface area (Å²) in [5.41, 5.74) is 2.91. The summed E-state index contributed by atoms with van der Waals surface area (Å²) in [6.07, 6.45) is 4.07. The van der Waals surface area contributed by atoms with E-state index in [0.717, 1.165) is 12.8 Å². The van der Waals surface area contributed by atoms with Gasteiger partial charge in [0.25, 0.3) is 0 Å². The molecule has 1 rings (SSSR count). The Bertz CT molecular complexity index is 276. The second-order valence-electron chi connectivity index (χ2n) is 4.09. The molecule has 0 aliphatic rings. The molecule has 0 saturated carbocycles. The zero-order valence-electron chi connectivity index (χ0n) is 9.09. The Morgan fingerprint density at radius 1 is 1.31 bits per heavy atom. The van der Waals surface area contributed by atoms with Crippen LogP contribution in [0.25, 0.3) is 0 Å². The van der Waals surface area contributed by atoms with E-state index in [2.05, 4.69) is 38.7 Å². The Kier molecular flexibility index (Phi) is 3.07. The summed E-state index contributed by atoms with van der Waals surface area (Å²) in [5.74, 6) is 0. The van der Waals surface area contributed by atoms with E-state index >= 15 is 0 Å². The number of aromatic nitrogens is 1. The van der Waals surface area contributed by atoms with Crippen LogP contribution in [0.15, 0.2) is 18.3 Å². The highest BCUT2D eigenvalue weighted by Gasteiger charge is 2.20. The molecule has 1 heteroatoms. The molecule has 0 atom stereocenters. The average molecular weight is 177 g/mol. The lowest BCUT2D eigenvalue weighted by Crippen LogP contribution is -2.18. The van der Waals surface area contributed by atoms with Crippen LogP contribution < -0.4 is 0 Å². The van der Waals surface area contributed by atoms with E-state index in [0.29, 0.717) is 0 Å². The minimum absolute atomic E-state index is 0.263. The van der Waals surface area contributed by atoms with Crippen LogP contribution in [0.3, 0.4) is 0 Å². The molecule has 0 fully saturated rings. The highest BCUT2D eigenvalue weighted by molar-refractivity contribution is 5.27. The smallest absolute Gasteiger partial charge is 0.0438 e. The molecule has 72 valence electrons. The van der Waals surface area contributed by atoms with E-state index in [-0.39, 0.29) is 5.41 Å².